The molecule has 0 saturated heterocycles. The van der Waals surface area contributed by atoms with Gasteiger partial charge in [0.1, 0.15) is 0 Å². The number of nitrogens with one attached hydrogen (secondary N) is 1. The maximum absolute atomic E-state index is 12.4. The quantitative estimate of drug-likeness (QED) is 0.844. The van der Waals surface area contributed by atoms with Crippen molar-refractivity contribution in [2.45, 2.75) is 18.8 Å². The zero-order valence-electron chi connectivity index (χ0n) is 14.0. The Morgan fingerprint density at radius 1 is 1.09 bits per heavy atom. The standard InChI is InChI=1S/C19H24N2OS/c1-21(2)13-18-9-5-4-8-17(18)12-20-19(22)16-10-6-7-15(11-16)14-23-3/h4-11H,12-14H2,1-3H3,(H,20,22). The lowest BCUT2D eigenvalue weighted by Crippen LogP contribution is -2.24. The number of hydrogen-bond acceptors (Lipinski definition) is 3. The van der Waals surface area contributed by atoms with E-state index in [4.69, 9.17) is 0 Å². The first-order chi connectivity index (χ1) is 11.1. The molecule has 23 heavy (non-hydrogen) atoms. The topological polar surface area (TPSA) is 32.3 Å². The van der Waals surface area contributed by atoms with E-state index in [2.05, 4.69) is 34.7 Å². The average molecular weight is 328 g/mol. The van der Waals surface area contributed by atoms with Gasteiger partial charge in [-0.2, -0.15) is 11.8 Å². The van der Waals surface area contributed by atoms with Gasteiger partial charge in [-0.3, -0.25) is 4.79 Å². The van der Waals surface area contributed by atoms with E-state index in [1.54, 1.807) is 11.8 Å². The highest BCUT2D eigenvalue weighted by Gasteiger charge is 2.08. The third-order valence-electron chi connectivity index (χ3n) is 3.54. The van der Waals surface area contributed by atoms with E-state index >= 15 is 0 Å². The van der Waals surface area contributed by atoms with Crippen molar-refractivity contribution in [3.63, 3.8) is 0 Å². The molecule has 0 bridgehead atoms. The van der Waals surface area contributed by atoms with Gasteiger partial charge in [-0.25, -0.2) is 0 Å². The summed E-state index contributed by atoms with van der Waals surface area (Å²) in [5, 5.41) is 3.03. The molecule has 0 fully saturated rings. The molecular weight excluding hydrogens is 304 g/mol. The van der Waals surface area contributed by atoms with Crippen molar-refractivity contribution in [1.82, 2.24) is 10.2 Å². The second-order valence-electron chi connectivity index (χ2n) is 5.82. The first-order valence-corrected chi connectivity index (χ1v) is 9.07. The van der Waals surface area contributed by atoms with Gasteiger partial charge in [-0.15, -0.1) is 0 Å². The van der Waals surface area contributed by atoms with E-state index < -0.39 is 0 Å². The molecule has 0 atom stereocenters. The van der Waals surface area contributed by atoms with Crippen molar-refractivity contribution in [3.05, 3.63) is 70.8 Å². The van der Waals surface area contributed by atoms with Gasteiger partial charge in [0.2, 0.25) is 0 Å². The summed E-state index contributed by atoms with van der Waals surface area (Å²) in [6.07, 6.45) is 2.06. The van der Waals surface area contributed by atoms with Crippen LogP contribution in [0.15, 0.2) is 48.5 Å². The molecule has 3 nitrogen and oxygen atoms in total. The minimum absolute atomic E-state index is 0.0207. The van der Waals surface area contributed by atoms with Crippen molar-refractivity contribution in [2.24, 2.45) is 0 Å². The van der Waals surface area contributed by atoms with E-state index in [0.29, 0.717) is 6.54 Å². The van der Waals surface area contributed by atoms with Crippen LogP contribution in [-0.4, -0.2) is 31.2 Å². The van der Waals surface area contributed by atoms with Crippen LogP contribution in [0.4, 0.5) is 0 Å². The smallest absolute Gasteiger partial charge is 0.251 e. The number of carbonyl (C=O) groups excluding carboxylic acids is 1. The number of thioether (sulfide) groups is 1. The fourth-order valence-electron chi connectivity index (χ4n) is 2.47. The number of nitrogens with zero attached hydrogens (tertiary/aromatic N) is 1. The lowest BCUT2D eigenvalue weighted by atomic mass is 10.1. The Labute approximate surface area is 143 Å². The summed E-state index contributed by atoms with van der Waals surface area (Å²) in [7, 11) is 4.10. The molecule has 0 heterocycles. The summed E-state index contributed by atoms with van der Waals surface area (Å²) in [4.78, 5) is 14.5. The molecule has 0 radical (unpaired) electrons. The van der Waals surface area contributed by atoms with Crippen LogP contribution < -0.4 is 5.32 Å². The highest BCUT2D eigenvalue weighted by Crippen LogP contribution is 2.13. The Bertz CT molecular complexity index is 655. The van der Waals surface area contributed by atoms with Gasteiger partial charge >= 0.3 is 0 Å². The number of carbonyl (C=O) groups is 1. The zero-order valence-corrected chi connectivity index (χ0v) is 14.8. The van der Waals surface area contributed by atoms with Gasteiger partial charge < -0.3 is 10.2 Å². The SMILES string of the molecule is CSCc1cccc(C(=O)NCc2ccccc2CN(C)C)c1. The number of hydrogen-bond donors (Lipinski definition) is 1. The van der Waals surface area contributed by atoms with Gasteiger partial charge in [0.15, 0.2) is 0 Å². The highest BCUT2D eigenvalue weighted by atomic mass is 32.2. The van der Waals surface area contributed by atoms with Crippen LogP contribution in [0.1, 0.15) is 27.0 Å². The maximum Gasteiger partial charge on any atom is 0.251 e. The predicted octanol–water partition coefficient (Wildman–Crippen LogP) is 3.54. The average Bonchev–Trinajstić information content (AvgIpc) is 2.54. The second kappa shape index (κ2) is 8.75. The first kappa shape index (κ1) is 17.6. The van der Waals surface area contributed by atoms with E-state index in [-0.39, 0.29) is 5.91 Å². The van der Waals surface area contributed by atoms with Gasteiger partial charge in [0, 0.05) is 24.4 Å². The van der Waals surface area contributed by atoms with Crippen molar-refractivity contribution < 1.29 is 4.79 Å². The van der Waals surface area contributed by atoms with Crippen LogP contribution in [0.2, 0.25) is 0 Å². The molecule has 0 unspecified atom stereocenters. The van der Waals surface area contributed by atoms with Crippen molar-refractivity contribution in [2.75, 3.05) is 20.4 Å². The summed E-state index contributed by atoms with van der Waals surface area (Å²) < 4.78 is 0. The summed E-state index contributed by atoms with van der Waals surface area (Å²) >= 11 is 1.76. The Morgan fingerprint density at radius 2 is 1.83 bits per heavy atom. The maximum atomic E-state index is 12.4. The Balaban J connectivity index is 2.03. The third kappa shape index (κ3) is 5.41. The predicted molar refractivity (Wildman–Crippen MR) is 98.7 cm³/mol. The molecule has 0 aliphatic carbocycles. The molecule has 4 heteroatoms. The molecule has 0 aliphatic rings. The molecule has 0 aromatic heterocycles. The van der Waals surface area contributed by atoms with Crippen molar-refractivity contribution in [3.8, 4) is 0 Å². The van der Waals surface area contributed by atoms with Crippen LogP contribution in [0.25, 0.3) is 0 Å². The minimum atomic E-state index is -0.0207. The lowest BCUT2D eigenvalue weighted by molar-refractivity contribution is 0.0950. The normalized spacial score (nSPS) is 10.8. The molecule has 1 N–H and O–H groups in total. The summed E-state index contributed by atoms with van der Waals surface area (Å²) in [6.45, 7) is 1.42. The second-order valence-corrected chi connectivity index (χ2v) is 6.69. The van der Waals surface area contributed by atoms with Crippen LogP contribution in [-0.2, 0) is 18.8 Å². The molecule has 0 aliphatic heterocycles. The van der Waals surface area contributed by atoms with Crippen molar-refractivity contribution >= 4 is 17.7 Å². The van der Waals surface area contributed by atoms with E-state index in [1.165, 1.54) is 11.1 Å². The van der Waals surface area contributed by atoms with E-state index in [0.717, 1.165) is 23.4 Å². The lowest BCUT2D eigenvalue weighted by Gasteiger charge is -2.14. The molecule has 2 aromatic rings. The summed E-state index contributed by atoms with van der Waals surface area (Å²) in [6, 6.07) is 16.1. The van der Waals surface area contributed by atoms with Crippen LogP contribution in [0.5, 0.6) is 0 Å². The minimum Gasteiger partial charge on any atom is -0.348 e. The van der Waals surface area contributed by atoms with Crippen LogP contribution in [0, 0.1) is 0 Å². The van der Waals surface area contributed by atoms with Crippen molar-refractivity contribution in [1.29, 1.82) is 0 Å². The van der Waals surface area contributed by atoms with Gasteiger partial charge in [-0.05, 0) is 49.2 Å². The fraction of sp³-hybridized carbons (Fsp3) is 0.316. The Hall–Kier alpha value is -1.78. The molecule has 0 saturated carbocycles. The Morgan fingerprint density at radius 3 is 2.52 bits per heavy atom. The largest absolute Gasteiger partial charge is 0.348 e. The highest BCUT2D eigenvalue weighted by molar-refractivity contribution is 7.97. The molecule has 122 valence electrons. The van der Waals surface area contributed by atoms with Gasteiger partial charge in [-0.1, -0.05) is 36.4 Å². The van der Waals surface area contributed by atoms with E-state index in [9.17, 15) is 4.79 Å². The molecule has 2 aromatic carbocycles. The number of rotatable bonds is 7. The number of amides is 1. The third-order valence-corrected chi connectivity index (χ3v) is 4.17. The fourth-order valence-corrected chi connectivity index (χ4v) is 2.98. The van der Waals surface area contributed by atoms with Crippen LogP contribution >= 0.6 is 11.8 Å². The zero-order chi connectivity index (χ0) is 16.7. The molecule has 0 spiro atoms. The molecular formula is C19H24N2OS. The van der Waals surface area contributed by atoms with Gasteiger partial charge in [0.25, 0.3) is 5.91 Å². The molecule has 2 rings (SSSR count). The Kier molecular flexibility index (Phi) is 6.68. The summed E-state index contributed by atoms with van der Waals surface area (Å²) in [5.41, 5.74) is 4.31. The van der Waals surface area contributed by atoms with E-state index in [1.807, 2.05) is 44.4 Å². The monoisotopic (exact) mass is 328 g/mol. The number of benzene rings is 2. The summed E-state index contributed by atoms with van der Waals surface area (Å²) in [5.74, 6) is 0.903. The van der Waals surface area contributed by atoms with Gasteiger partial charge in [0.05, 0.1) is 0 Å². The molecule has 1 amide bonds. The first-order valence-electron chi connectivity index (χ1n) is 7.67. The van der Waals surface area contributed by atoms with Crippen LogP contribution in [0.3, 0.4) is 0 Å².